The van der Waals surface area contributed by atoms with Crippen molar-refractivity contribution in [1.29, 1.82) is 0 Å². The van der Waals surface area contributed by atoms with Crippen LogP contribution in [0.5, 0.6) is 0 Å². The second-order valence-corrected chi connectivity index (χ2v) is 5.53. The van der Waals surface area contributed by atoms with E-state index in [1.165, 1.54) is 12.8 Å². The van der Waals surface area contributed by atoms with Gasteiger partial charge >= 0.3 is 0 Å². The minimum atomic E-state index is 0.149. The Balaban J connectivity index is 1.76. The smallest absolute Gasteiger partial charge is 0.226 e. The molecule has 1 aromatic heterocycles. The molecule has 0 aromatic carbocycles. The first-order chi connectivity index (χ1) is 8.75. The van der Waals surface area contributed by atoms with Crippen molar-refractivity contribution in [2.75, 3.05) is 6.54 Å². The quantitative estimate of drug-likeness (QED) is 0.808. The van der Waals surface area contributed by atoms with E-state index >= 15 is 0 Å². The number of rotatable bonds is 2. The Labute approximate surface area is 107 Å². The van der Waals surface area contributed by atoms with E-state index in [0.717, 1.165) is 43.7 Å². The van der Waals surface area contributed by atoms with E-state index in [1.54, 1.807) is 0 Å². The third-order valence-corrected chi connectivity index (χ3v) is 4.23. The predicted octanol–water partition coefficient (Wildman–Crippen LogP) is 2.84. The Morgan fingerprint density at radius 1 is 1.33 bits per heavy atom. The van der Waals surface area contributed by atoms with Crippen molar-refractivity contribution in [3.8, 4) is 0 Å². The van der Waals surface area contributed by atoms with Gasteiger partial charge in [0.2, 0.25) is 5.91 Å². The van der Waals surface area contributed by atoms with Gasteiger partial charge in [0, 0.05) is 18.5 Å². The first-order valence-electron chi connectivity index (χ1n) is 6.99. The van der Waals surface area contributed by atoms with Gasteiger partial charge in [0.25, 0.3) is 0 Å². The highest BCUT2D eigenvalue weighted by Gasteiger charge is 2.36. The molecule has 1 amide bonds. The summed E-state index contributed by atoms with van der Waals surface area (Å²) in [7, 11) is 0. The fourth-order valence-corrected chi connectivity index (χ4v) is 3.29. The van der Waals surface area contributed by atoms with Gasteiger partial charge in [-0.25, -0.2) is 0 Å². The maximum absolute atomic E-state index is 12.5. The zero-order valence-electron chi connectivity index (χ0n) is 10.9. The average molecular weight is 248 g/mol. The highest BCUT2D eigenvalue weighted by molar-refractivity contribution is 5.79. The van der Waals surface area contributed by atoms with Crippen molar-refractivity contribution >= 4 is 5.91 Å². The maximum atomic E-state index is 12.5. The Hall–Kier alpha value is -1.32. The SMILES string of the molecule is Cc1cc([C@H]2CCCN2C(=O)C2CCCC2)no1. The molecule has 1 atom stereocenters. The van der Waals surface area contributed by atoms with E-state index < -0.39 is 0 Å². The molecule has 4 nitrogen and oxygen atoms in total. The Morgan fingerprint density at radius 2 is 2.11 bits per heavy atom. The number of amides is 1. The molecule has 2 heterocycles. The highest BCUT2D eigenvalue weighted by Crippen LogP contribution is 2.35. The zero-order chi connectivity index (χ0) is 12.5. The van der Waals surface area contributed by atoms with E-state index in [2.05, 4.69) is 5.16 Å². The minimum Gasteiger partial charge on any atom is -0.361 e. The molecule has 1 aliphatic carbocycles. The van der Waals surface area contributed by atoms with Crippen LogP contribution < -0.4 is 0 Å². The summed E-state index contributed by atoms with van der Waals surface area (Å²) in [4.78, 5) is 14.5. The normalized spacial score (nSPS) is 24.9. The lowest BCUT2D eigenvalue weighted by Crippen LogP contribution is -2.34. The Morgan fingerprint density at radius 3 is 2.78 bits per heavy atom. The van der Waals surface area contributed by atoms with Crippen LogP contribution in [0.4, 0.5) is 0 Å². The standard InChI is InChI=1S/C14H20N2O2/c1-10-9-12(15-18-10)13-7-4-8-16(13)14(17)11-5-2-3-6-11/h9,11,13H,2-8H2,1H3/t13-/m1/s1. The molecule has 0 radical (unpaired) electrons. The topological polar surface area (TPSA) is 46.3 Å². The van der Waals surface area contributed by atoms with Crippen LogP contribution in [-0.4, -0.2) is 22.5 Å². The van der Waals surface area contributed by atoms with Crippen LogP contribution >= 0.6 is 0 Å². The van der Waals surface area contributed by atoms with Crippen molar-refractivity contribution in [2.24, 2.45) is 5.92 Å². The van der Waals surface area contributed by atoms with Gasteiger partial charge in [0.15, 0.2) is 0 Å². The van der Waals surface area contributed by atoms with Crippen molar-refractivity contribution in [2.45, 2.75) is 51.5 Å². The lowest BCUT2D eigenvalue weighted by atomic mass is 10.1. The second-order valence-electron chi connectivity index (χ2n) is 5.53. The predicted molar refractivity (Wildman–Crippen MR) is 66.9 cm³/mol. The van der Waals surface area contributed by atoms with E-state index in [4.69, 9.17) is 4.52 Å². The number of hydrogen-bond acceptors (Lipinski definition) is 3. The van der Waals surface area contributed by atoms with Crippen LogP contribution in [0.15, 0.2) is 10.6 Å². The molecule has 3 rings (SSSR count). The van der Waals surface area contributed by atoms with Crippen molar-refractivity contribution < 1.29 is 9.32 Å². The van der Waals surface area contributed by atoms with Crippen LogP contribution in [0.25, 0.3) is 0 Å². The van der Waals surface area contributed by atoms with Crippen LogP contribution in [0.1, 0.15) is 56.0 Å². The summed E-state index contributed by atoms with van der Waals surface area (Å²) in [6.45, 7) is 2.78. The van der Waals surface area contributed by atoms with Crippen molar-refractivity contribution in [3.63, 3.8) is 0 Å². The van der Waals surface area contributed by atoms with Gasteiger partial charge in [-0.05, 0) is 32.6 Å². The van der Waals surface area contributed by atoms with Crippen molar-refractivity contribution in [3.05, 3.63) is 17.5 Å². The van der Waals surface area contributed by atoms with Gasteiger partial charge in [-0.15, -0.1) is 0 Å². The molecule has 0 N–H and O–H groups in total. The lowest BCUT2D eigenvalue weighted by molar-refractivity contribution is -0.136. The third kappa shape index (κ3) is 2.04. The number of hydrogen-bond donors (Lipinski definition) is 0. The molecule has 0 spiro atoms. The van der Waals surface area contributed by atoms with Gasteiger partial charge < -0.3 is 9.42 Å². The average Bonchev–Trinajstić information content (AvgIpc) is 3.09. The monoisotopic (exact) mass is 248 g/mol. The molecule has 1 aliphatic heterocycles. The first kappa shape index (κ1) is 11.8. The minimum absolute atomic E-state index is 0.149. The largest absolute Gasteiger partial charge is 0.361 e. The molecule has 18 heavy (non-hydrogen) atoms. The molecule has 1 aromatic rings. The fraction of sp³-hybridized carbons (Fsp3) is 0.714. The summed E-state index contributed by atoms with van der Waals surface area (Å²) >= 11 is 0. The number of carbonyl (C=O) groups excluding carboxylic acids is 1. The molecule has 2 aliphatic rings. The van der Waals surface area contributed by atoms with E-state index in [-0.39, 0.29) is 12.0 Å². The number of aryl methyl sites for hydroxylation is 1. The van der Waals surface area contributed by atoms with Gasteiger partial charge in [0.05, 0.1) is 6.04 Å². The maximum Gasteiger partial charge on any atom is 0.226 e. The highest BCUT2D eigenvalue weighted by atomic mass is 16.5. The molecular weight excluding hydrogens is 228 g/mol. The fourth-order valence-electron chi connectivity index (χ4n) is 3.29. The van der Waals surface area contributed by atoms with E-state index in [1.807, 2.05) is 17.9 Å². The summed E-state index contributed by atoms with van der Waals surface area (Å²) in [5.41, 5.74) is 0.927. The molecular formula is C14H20N2O2. The first-order valence-corrected chi connectivity index (χ1v) is 6.99. The van der Waals surface area contributed by atoms with Gasteiger partial charge in [-0.3, -0.25) is 4.79 Å². The molecule has 2 fully saturated rings. The number of aromatic nitrogens is 1. The summed E-state index contributed by atoms with van der Waals surface area (Å²) < 4.78 is 5.14. The lowest BCUT2D eigenvalue weighted by Gasteiger charge is -2.25. The Kier molecular flexibility index (Phi) is 3.10. The number of carbonyl (C=O) groups is 1. The number of nitrogens with zero attached hydrogens (tertiary/aromatic N) is 2. The second kappa shape index (κ2) is 4.75. The third-order valence-electron chi connectivity index (χ3n) is 4.23. The van der Waals surface area contributed by atoms with Gasteiger partial charge in [-0.1, -0.05) is 18.0 Å². The zero-order valence-corrected chi connectivity index (χ0v) is 10.9. The van der Waals surface area contributed by atoms with Crippen LogP contribution in [-0.2, 0) is 4.79 Å². The van der Waals surface area contributed by atoms with Crippen molar-refractivity contribution in [1.82, 2.24) is 10.1 Å². The number of likely N-dealkylation sites (tertiary alicyclic amines) is 1. The summed E-state index contributed by atoms with van der Waals surface area (Å²) in [6, 6.07) is 2.11. The molecule has 4 heteroatoms. The van der Waals surface area contributed by atoms with Crippen LogP contribution in [0, 0.1) is 12.8 Å². The van der Waals surface area contributed by atoms with Crippen LogP contribution in [0.2, 0.25) is 0 Å². The van der Waals surface area contributed by atoms with Gasteiger partial charge in [0.1, 0.15) is 11.5 Å². The summed E-state index contributed by atoms with van der Waals surface area (Å²) in [5.74, 6) is 1.43. The molecule has 98 valence electrons. The Bertz CT molecular complexity index is 435. The van der Waals surface area contributed by atoms with E-state index in [0.29, 0.717) is 5.91 Å². The van der Waals surface area contributed by atoms with Crippen LogP contribution in [0.3, 0.4) is 0 Å². The van der Waals surface area contributed by atoms with E-state index in [9.17, 15) is 4.79 Å². The summed E-state index contributed by atoms with van der Waals surface area (Å²) in [5, 5.41) is 4.09. The molecule has 1 saturated carbocycles. The summed E-state index contributed by atoms with van der Waals surface area (Å²) in [6.07, 6.45) is 6.65. The molecule has 0 bridgehead atoms. The van der Waals surface area contributed by atoms with Gasteiger partial charge in [-0.2, -0.15) is 0 Å². The molecule has 1 saturated heterocycles. The molecule has 0 unspecified atom stereocenters.